The molecule has 1 amide bonds. The molecule has 0 fully saturated rings. The summed E-state index contributed by atoms with van der Waals surface area (Å²) in [4.78, 5) is 17.7. The average Bonchev–Trinajstić information content (AvgIpc) is 2.59. The summed E-state index contributed by atoms with van der Waals surface area (Å²) in [5.41, 5.74) is 2.43. The monoisotopic (exact) mass is 336 g/mol. The third kappa shape index (κ3) is 5.28. The number of carbonyl (C=O) groups excluding carboxylic acids is 1. The Labute approximate surface area is 151 Å². The lowest BCUT2D eigenvalue weighted by Crippen LogP contribution is -2.40. The molecule has 0 heterocycles. The molecule has 0 bridgehead atoms. The van der Waals surface area contributed by atoms with Gasteiger partial charge in [-0.1, -0.05) is 81.4 Å². The van der Waals surface area contributed by atoms with Crippen LogP contribution in [0.4, 0.5) is 0 Å². The number of aliphatic imine (C=N–C) groups is 1. The minimum atomic E-state index is -0.330. The first-order valence-corrected chi connectivity index (χ1v) is 8.78. The molecule has 0 radical (unpaired) electrons. The van der Waals surface area contributed by atoms with Crippen LogP contribution in [0.3, 0.4) is 0 Å². The van der Waals surface area contributed by atoms with Crippen molar-refractivity contribution in [2.75, 3.05) is 0 Å². The van der Waals surface area contributed by atoms with E-state index in [4.69, 9.17) is 4.99 Å². The molecular weight excluding hydrogens is 308 g/mol. The van der Waals surface area contributed by atoms with Gasteiger partial charge in [0.15, 0.2) is 0 Å². The molecule has 3 nitrogen and oxygen atoms in total. The highest BCUT2D eigenvalue weighted by molar-refractivity contribution is 6.40. The maximum Gasteiger partial charge on any atom is 0.266 e. The van der Waals surface area contributed by atoms with Gasteiger partial charge < -0.3 is 5.32 Å². The summed E-state index contributed by atoms with van der Waals surface area (Å²) in [7, 11) is 0. The zero-order valence-corrected chi connectivity index (χ0v) is 15.8. The molecule has 132 valence electrons. The summed E-state index contributed by atoms with van der Waals surface area (Å²) in [5.74, 6) is -0.105. The fraction of sp³-hybridized carbons (Fsp3) is 0.364. The summed E-state index contributed by atoms with van der Waals surface area (Å²) in [6, 6.07) is 19.9. The topological polar surface area (TPSA) is 41.5 Å². The molecule has 2 rings (SSSR count). The molecule has 1 N–H and O–H groups in total. The minimum Gasteiger partial charge on any atom is -0.344 e. The van der Waals surface area contributed by atoms with E-state index in [2.05, 4.69) is 5.32 Å². The first-order chi connectivity index (χ1) is 11.8. The maximum atomic E-state index is 12.9. The van der Waals surface area contributed by atoms with Gasteiger partial charge in [-0.05, 0) is 25.0 Å². The van der Waals surface area contributed by atoms with Crippen molar-refractivity contribution in [3.8, 4) is 0 Å². The number of hydrogen-bond acceptors (Lipinski definition) is 2. The summed E-state index contributed by atoms with van der Waals surface area (Å²) < 4.78 is 0. The van der Waals surface area contributed by atoms with Gasteiger partial charge >= 0.3 is 0 Å². The highest BCUT2D eigenvalue weighted by atomic mass is 16.2. The zero-order valence-electron chi connectivity index (χ0n) is 15.8. The van der Waals surface area contributed by atoms with Crippen LogP contribution in [-0.2, 0) is 4.79 Å². The van der Waals surface area contributed by atoms with E-state index in [1.54, 1.807) is 0 Å². The summed E-state index contributed by atoms with van der Waals surface area (Å²) in [5, 5.41) is 3.09. The van der Waals surface area contributed by atoms with E-state index in [-0.39, 0.29) is 23.4 Å². The molecule has 0 spiro atoms. The fourth-order valence-electron chi connectivity index (χ4n) is 2.68. The third-order valence-corrected chi connectivity index (χ3v) is 4.18. The van der Waals surface area contributed by atoms with Crippen LogP contribution in [0.15, 0.2) is 65.7 Å². The fourth-order valence-corrected chi connectivity index (χ4v) is 2.68. The lowest BCUT2D eigenvalue weighted by atomic mass is 9.88. The van der Waals surface area contributed by atoms with Gasteiger partial charge in [0.2, 0.25) is 0 Å². The molecule has 3 heteroatoms. The highest BCUT2D eigenvalue weighted by Gasteiger charge is 2.27. The third-order valence-electron chi connectivity index (χ3n) is 4.18. The number of nitrogens with one attached hydrogen (secondary N) is 1. The second kappa shape index (κ2) is 8.11. The summed E-state index contributed by atoms with van der Waals surface area (Å²) >= 11 is 0. The van der Waals surface area contributed by atoms with Gasteiger partial charge in [-0.3, -0.25) is 9.79 Å². The second-order valence-electron chi connectivity index (χ2n) is 7.42. The number of nitrogens with zero attached hydrogens (tertiary/aromatic N) is 1. The Morgan fingerprint density at radius 2 is 1.36 bits per heavy atom. The van der Waals surface area contributed by atoms with Crippen molar-refractivity contribution in [3.05, 3.63) is 71.8 Å². The molecule has 0 aliphatic carbocycles. The first-order valence-electron chi connectivity index (χ1n) is 8.78. The number of amides is 1. The Bertz CT molecular complexity index is 715. The molecule has 0 aliphatic rings. The molecule has 0 saturated carbocycles. The Hall–Kier alpha value is -2.42. The number of hydrogen-bond donors (Lipinski definition) is 1. The van der Waals surface area contributed by atoms with Gasteiger partial charge in [-0.2, -0.15) is 0 Å². The van der Waals surface area contributed by atoms with Crippen LogP contribution in [0.1, 0.15) is 57.8 Å². The van der Waals surface area contributed by atoms with Gasteiger partial charge in [-0.25, -0.2) is 0 Å². The Balaban J connectivity index is 2.22. The molecule has 25 heavy (non-hydrogen) atoms. The van der Waals surface area contributed by atoms with Crippen molar-refractivity contribution >= 4 is 11.6 Å². The van der Waals surface area contributed by atoms with Crippen LogP contribution in [0.25, 0.3) is 0 Å². The van der Waals surface area contributed by atoms with E-state index in [1.807, 2.05) is 95.3 Å². The van der Waals surface area contributed by atoms with Crippen LogP contribution in [0, 0.1) is 5.41 Å². The number of carbonyl (C=O) groups is 1. The van der Waals surface area contributed by atoms with E-state index in [1.165, 1.54) is 0 Å². The first kappa shape index (κ1) is 18.9. The van der Waals surface area contributed by atoms with Crippen LogP contribution >= 0.6 is 0 Å². The molecule has 2 atom stereocenters. The van der Waals surface area contributed by atoms with Gasteiger partial charge in [0, 0.05) is 5.41 Å². The summed E-state index contributed by atoms with van der Waals surface area (Å²) in [6.45, 7) is 10.1. The molecule has 0 unspecified atom stereocenters. The van der Waals surface area contributed by atoms with Crippen molar-refractivity contribution in [2.45, 2.75) is 46.7 Å². The van der Waals surface area contributed by atoms with E-state index in [9.17, 15) is 4.79 Å². The maximum absolute atomic E-state index is 12.9. The lowest BCUT2D eigenvalue weighted by molar-refractivity contribution is -0.115. The van der Waals surface area contributed by atoms with Crippen molar-refractivity contribution in [2.24, 2.45) is 10.4 Å². The van der Waals surface area contributed by atoms with Crippen LogP contribution in [-0.4, -0.2) is 11.6 Å². The van der Waals surface area contributed by atoms with Gasteiger partial charge in [0.05, 0.1) is 12.1 Å². The largest absolute Gasteiger partial charge is 0.344 e. The van der Waals surface area contributed by atoms with E-state index in [0.29, 0.717) is 5.71 Å². The molecule has 2 aromatic carbocycles. The predicted octanol–water partition coefficient (Wildman–Crippen LogP) is 5.11. The Morgan fingerprint density at radius 1 is 0.880 bits per heavy atom. The standard InChI is InChI=1S/C22H28N2O/c1-16(18-12-8-6-9-13-18)23-20(22(3,4)5)21(25)24-17(2)19-14-10-7-11-15-19/h6-17H,1-5H3,(H,24,25)/b23-20+/t16-,17-/m0/s1. The van der Waals surface area contributed by atoms with Crippen LogP contribution in [0.2, 0.25) is 0 Å². The van der Waals surface area contributed by atoms with Crippen molar-refractivity contribution in [1.82, 2.24) is 5.32 Å². The summed E-state index contributed by atoms with van der Waals surface area (Å²) in [6.07, 6.45) is 0. The smallest absolute Gasteiger partial charge is 0.266 e. The average molecular weight is 336 g/mol. The predicted molar refractivity (Wildman–Crippen MR) is 105 cm³/mol. The van der Waals surface area contributed by atoms with E-state index < -0.39 is 0 Å². The highest BCUT2D eigenvalue weighted by Crippen LogP contribution is 2.23. The van der Waals surface area contributed by atoms with Crippen LogP contribution < -0.4 is 5.32 Å². The van der Waals surface area contributed by atoms with Crippen LogP contribution in [0.5, 0.6) is 0 Å². The molecular formula is C22H28N2O. The van der Waals surface area contributed by atoms with Crippen molar-refractivity contribution in [1.29, 1.82) is 0 Å². The SMILES string of the molecule is C[C@H](/N=C(\C(=O)N[C@@H](C)c1ccccc1)C(C)(C)C)c1ccccc1. The minimum absolute atomic E-state index is 0.0618. The van der Waals surface area contributed by atoms with Crippen molar-refractivity contribution in [3.63, 3.8) is 0 Å². The molecule has 2 aromatic rings. The van der Waals surface area contributed by atoms with Gasteiger partial charge in [0.1, 0.15) is 5.71 Å². The Morgan fingerprint density at radius 3 is 1.84 bits per heavy atom. The number of rotatable bonds is 5. The quantitative estimate of drug-likeness (QED) is 0.757. The normalized spacial score (nSPS) is 14.7. The molecule has 0 aliphatic heterocycles. The lowest BCUT2D eigenvalue weighted by Gasteiger charge is -2.24. The molecule has 0 aromatic heterocycles. The zero-order chi connectivity index (χ0) is 18.4. The van der Waals surface area contributed by atoms with E-state index >= 15 is 0 Å². The number of benzene rings is 2. The van der Waals surface area contributed by atoms with Gasteiger partial charge in [-0.15, -0.1) is 0 Å². The van der Waals surface area contributed by atoms with E-state index in [0.717, 1.165) is 11.1 Å². The second-order valence-corrected chi connectivity index (χ2v) is 7.42. The van der Waals surface area contributed by atoms with Gasteiger partial charge in [0.25, 0.3) is 5.91 Å². The van der Waals surface area contributed by atoms with Crippen molar-refractivity contribution < 1.29 is 4.79 Å². The Kier molecular flexibility index (Phi) is 6.13. The molecule has 0 saturated heterocycles.